The van der Waals surface area contributed by atoms with Crippen molar-refractivity contribution in [3.63, 3.8) is 0 Å². The number of hydrogen-bond donors (Lipinski definition) is 0. The number of aryl methyl sites for hydroxylation is 1. The molecule has 92 valence electrons. The Balaban J connectivity index is 2.01. The molecule has 1 aliphatic rings. The van der Waals surface area contributed by atoms with Crippen molar-refractivity contribution < 1.29 is 9.53 Å². The Labute approximate surface area is 103 Å². The second kappa shape index (κ2) is 5.97. The molecule has 2 heteroatoms. The summed E-state index contributed by atoms with van der Waals surface area (Å²) in [6, 6.07) is 8.52. The highest BCUT2D eigenvalue weighted by Crippen LogP contribution is 2.33. The molecule has 1 unspecified atom stereocenters. The van der Waals surface area contributed by atoms with E-state index < -0.39 is 0 Å². The lowest BCUT2D eigenvalue weighted by Crippen LogP contribution is -2.17. The zero-order valence-corrected chi connectivity index (χ0v) is 10.4. The minimum atomic E-state index is 0.230. The van der Waals surface area contributed by atoms with Crippen molar-refractivity contribution in [2.45, 2.75) is 38.5 Å². The van der Waals surface area contributed by atoms with Gasteiger partial charge in [0.05, 0.1) is 0 Å². The smallest absolute Gasteiger partial charge is 0.159 e. The fraction of sp³-hybridized carbons (Fsp3) is 0.533. The first-order valence-corrected chi connectivity index (χ1v) is 6.48. The van der Waals surface area contributed by atoms with Crippen LogP contribution in [-0.2, 0) is 16.0 Å². The predicted octanol–water partition coefficient (Wildman–Crippen LogP) is 3.10. The Morgan fingerprint density at radius 2 is 2.24 bits per heavy atom. The summed E-state index contributed by atoms with van der Waals surface area (Å²) in [5, 5.41) is 0. The van der Waals surface area contributed by atoms with Gasteiger partial charge in [0, 0.05) is 13.0 Å². The van der Waals surface area contributed by atoms with Crippen molar-refractivity contribution in [1.82, 2.24) is 0 Å². The van der Waals surface area contributed by atoms with Crippen LogP contribution in [0.4, 0.5) is 0 Å². The van der Waals surface area contributed by atoms with Gasteiger partial charge in [-0.05, 0) is 43.2 Å². The number of carbonyl (C=O) groups is 1. The van der Waals surface area contributed by atoms with Crippen molar-refractivity contribution in [2.24, 2.45) is 0 Å². The van der Waals surface area contributed by atoms with Gasteiger partial charge >= 0.3 is 0 Å². The van der Waals surface area contributed by atoms with Crippen LogP contribution < -0.4 is 0 Å². The molecule has 17 heavy (non-hydrogen) atoms. The number of Topliss-reactive ketones (excluding diaryl/α,β-unsaturated/α-hetero) is 1. The van der Waals surface area contributed by atoms with Gasteiger partial charge < -0.3 is 4.74 Å². The topological polar surface area (TPSA) is 26.3 Å². The molecule has 0 saturated carbocycles. The number of benzene rings is 1. The molecule has 0 spiro atoms. The van der Waals surface area contributed by atoms with Crippen molar-refractivity contribution in [3.8, 4) is 0 Å². The van der Waals surface area contributed by atoms with Crippen LogP contribution in [0.3, 0.4) is 0 Å². The molecule has 0 N–H and O–H groups in total. The van der Waals surface area contributed by atoms with E-state index in [0.29, 0.717) is 18.9 Å². The first-order chi connectivity index (χ1) is 8.31. The van der Waals surface area contributed by atoms with Crippen LogP contribution in [0.5, 0.6) is 0 Å². The van der Waals surface area contributed by atoms with Gasteiger partial charge in [-0.2, -0.15) is 0 Å². The molecule has 0 saturated heterocycles. The summed E-state index contributed by atoms with van der Waals surface area (Å²) in [5.74, 6) is 0.640. The second-order valence-electron chi connectivity index (χ2n) is 4.67. The highest BCUT2D eigenvalue weighted by atomic mass is 16.5. The molecule has 1 aromatic carbocycles. The molecule has 2 nitrogen and oxygen atoms in total. The van der Waals surface area contributed by atoms with Crippen molar-refractivity contribution in [3.05, 3.63) is 35.4 Å². The molecule has 1 aliphatic carbocycles. The maximum atomic E-state index is 11.8. The largest absolute Gasteiger partial charge is 0.374 e. The van der Waals surface area contributed by atoms with E-state index in [1.807, 2.05) is 6.92 Å². The van der Waals surface area contributed by atoms with Gasteiger partial charge in [-0.25, -0.2) is 0 Å². The number of ether oxygens (including phenoxy) is 1. The Morgan fingerprint density at radius 1 is 1.41 bits per heavy atom. The summed E-state index contributed by atoms with van der Waals surface area (Å²) in [5.41, 5.74) is 2.80. The summed E-state index contributed by atoms with van der Waals surface area (Å²) in [6.07, 6.45) is 4.13. The molecular formula is C15H20O2. The Morgan fingerprint density at radius 3 is 3.06 bits per heavy atom. The molecule has 1 aromatic rings. The minimum absolute atomic E-state index is 0.230. The third kappa shape index (κ3) is 3.16. The van der Waals surface area contributed by atoms with Crippen molar-refractivity contribution in [1.29, 1.82) is 0 Å². The van der Waals surface area contributed by atoms with Crippen molar-refractivity contribution >= 4 is 5.78 Å². The summed E-state index contributed by atoms with van der Waals surface area (Å²) < 4.78 is 5.18. The first-order valence-electron chi connectivity index (χ1n) is 6.48. The number of ketones is 1. The van der Waals surface area contributed by atoms with Crippen LogP contribution in [-0.4, -0.2) is 19.0 Å². The lowest BCUT2D eigenvalue weighted by Gasteiger charge is -2.24. The lowest BCUT2D eigenvalue weighted by atomic mass is 9.80. The normalized spacial score (nSPS) is 18.8. The van der Waals surface area contributed by atoms with Gasteiger partial charge in [0.15, 0.2) is 5.78 Å². The van der Waals surface area contributed by atoms with Crippen LogP contribution in [0.2, 0.25) is 0 Å². The van der Waals surface area contributed by atoms with E-state index in [1.54, 1.807) is 0 Å². The molecule has 0 bridgehead atoms. The average Bonchev–Trinajstić information content (AvgIpc) is 2.37. The van der Waals surface area contributed by atoms with E-state index in [9.17, 15) is 4.79 Å². The Hall–Kier alpha value is -1.15. The molecule has 2 rings (SSSR count). The highest BCUT2D eigenvalue weighted by Gasteiger charge is 2.21. The van der Waals surface area contributed by atoms with Gasteiger partial charge in [-0.15, -0.1) is 0 Å². The summed E-state index contributed by atoms with van der Waals surface area (Å²) in [4.78, 5) is 11.8. The number of rotatable bonds is 5. The van der Waals surface area contributed by atoms with E-state index in [4.69, 9.17) is 4.74 Å². The Bertz CT molecular complexity index is 384. The molecule has 0 heterocycles. The fourth-order valence-electron chi connectivity index (χ4n) is 2.62. The van der Waals surface area contributed by atoms with E-state index in [1.165, 1.54) is 17.5 Å². The van der Waals surface area contributed by atoms with Gasteiger partial charge in [0.2, 0.25) is 0 Å². The molecular weight excluding hydrogens is 212 g/mol. The lowest BCUT2D eigenvalue weighted by molar-refractivity contribution is -0.123. The van der Waals surface area contributed by atoms with Gasteiger partial charge in [0.25, 0.3) is 0 Å². The number of hydrogen-bond acceptors (Lipinski definition) is 2. The summed E-state index contributed by atoms with van der Waals surface area (Å²) in [6.45, 7) is 2.81. The van der Waals surface area contributed by atoms with Crippen molar-refractivity contribution in [2.75, 3.05) is 13.2 Å². The molecule has 1 atom stereocenters. The molecule has 0 radical (unpaired) electrons. The van der Waals surface area contributed by atoms with Crippen LogP contribution in [0.15, 0.2) is 24.3 Å². The number of carbonyl (C=O) groups excluding carboxylic acids is 1. The summed E-state index contributed by atoms with van der Waals surface area (Å²) in [7, 11) is 0. The molecule has 0 fully saturated rings. The second-order valence-corrected chi connectivity index (χ2v) is 4.67. The average molecular weight is 232 g/mol. The van der Waals surface area contributed by atoms with Gasteiger partial charge in [-0.3, -0.25) is 4.79 Å². The monoisotopic (exact) mass is 232 g/mol. The maximum Gasteiger partial charge on any atom is 0.159 e. The van der Waals surface area contributed by atoms with Gasteiger partial charge in [-0.1, -0.05) is 24.3 Å². The predicted molar refractivity (Wildman–Crippen MR) is 68.2 cm³/mol. The van der Waals surface area contributed by atoms with Crippen LogP contribution in [0.25, 0.3) is 0 Å². The van der Waals surface area contributed by atoms with Crippen LogP contribution in [0.1, 0.15) is 43.2 Å². The van der Waals surface area contributed by atoms with Crippen LogP contribution >= 0.6 is 0 Å². The van der Waals surface area contributed by atoms with E-state index in [2.05, 4.69) is 24.3 Å². The Kier molecular flexibility index (Phi) is 4.32. The number of fused-ring (bicyclic) bond motifs is 1. The third-order valence-electron chi connectivity index (χ3n) is 3.43. The zero-order chi connectivity index (χ0) is 12.1. The van der Waals surface area contributed by atoms with Crippen LogP contribution in [0, 0.1) is 0 Å². The first kappa shape index (κ1) is 12.3. The maximum absolute atomic E-state index is 11.8. The minimum Gasteiger partial charge on any atom is -0.374 e. The fourth-order valence-corrected chi connectivity index (χ4v) is 2.62. The van der Waals surface area contributed by atoms with E-state index in [0.717, 1.165) is 12.8 Å². The SMILES string of the molecule is CCOCC(=O)CC1CCCc2ccccc21. The standard InChI is InChI=1S/C15H20O2/c1-2-17-11-14(16)10-13-8-5-7-12-6-3-4-9-15(12)13/h3-4,6,9,13H,2,5,7-8,10-11H2,1H3. The summed E-state index contributed by atoms with van der Waals surface area (Å²) >= 11 is 0. The van der Waals surface area contributed by atoms with Gasteiger partial charge in [0.1, 0.15) is 6.61 Å². The zero-order valence-electron chi connectivity index (χ0n) is 10.4. The molecule has 0 aliphatic heterocycles. The highest BCUT2D eigenvalue weighted by molar-refractivity contribution is 5.80. The third-order valence-corrected chi connectivity index (χ3v) is 3.43. The van der Waals surface area contributed by atoms with E-state index in [-0.39, 0.29) is 12.4 Å². The quantitative estimate of drug-likeness (QED) is 0.779. The molecule has 0 amide bonds. The van der Waals surface area contributed by atoms with E-state index >= 15 is 0 Å². The molecule has 0 aromatic heterocycles.